The topological polar surface area (TPSA) is 17.3 Å². The number of rotatable bonds is 2. The predicted octanol–water partition coefficient (Wildman–Crippen LogP) is 7.93. The second-order valence-corrected chi connectivity index (χ2v) is 8.76. The van der Waals surface area contributed by atoms with E-state index in [4.69, 9.17) is 5.10 Å². The lowest BCUT2D eigenvalue weighted by Crippen LogP contribution is -1.99. The van der Waals surface area contributed by atoms with Crippen LogP contribution in [0.15, 0.2) is 103 Å². The van der Waals surface area contributed by atoms with Crippen molar-refractivity contribution in [3.05, 3.63) is 114 Å². The quantitative estimate of drug-likeness (QED) is 0.277. The molecule has 0 amide bonds. The van der Waals surface area contributed by atoms with Gasteiger partial charge in [-0.25, -0.2) is 4.52 Å². The van der Waals surface area contributed by atoms with Crippen LogP contribution in [0.1, 0.15) is 17.5 Å². The number of aromatic nitrogens is 2. The monoisotopic (exact) mass is 422 g/mol. The van der Waals surface area contributed by atoms with Gasteiger partial charge in [-0.05, 0) is 58.5 Å². The van der Waals surface area contributed by atoms with E-state index in [2.05, 4.69) is 114 Å². The van der Waals surface area contributed by atoms with E-state index in [0.29, 0.717) is 0 Å². The molecule has 156 valence electrons. The second-order valence-electron chi connectivity index (χ2n) is 8.76. The van der Waals surface area contributed by atoms with Gasteiger partial charge < -0.3 is 0 Å². The Morgan fingerprint density at radius 3 is 2.39 bits per heavy atom. The molecule has 0 bridgehead atoms. The minimum absolute atomic E-state index is 1.03. The van der Waals surface area contributed by atoms with Crippen LogP contribution in [0, 0.1) is 0 Å². The molecule has 0 saturated carbocycles. The van der Waals surface area contributed by atoms with Gasteiger partial charge in [0.1, 0.15) is 5.69 Å². The summed E-state index contributed by atoms with van der Waals surface area (Å²) < 4.78 is 2.13. The molecule has 1 aliphatic rings. The summed E-state index contributed by atoms with van der Waals surface area (Å²) in [6.07, 6.45) is 6.79. The van der Waals surface area contributed by atoms with Gasteiger partial charge in [-0.3, -0.25) is 0 Å². The number of benzene rings is 4. The first-order valence-corrected chi connectivity index (χ1v) is 11.6. The Kier molecular flexibility index (Phi) is 4.00. The van der Waals surface area contributed by atoms with Crippen molar-refractivity contribution in [2.75, 3.05) is 0 Å². The summed E-state index contributed by atoms with van der Waals surface area (Å²) in [5, 5.41) is 9.06. The zero-order chi connectivity index (χ0) is 21.8. The van der Waals surface area contributed by atoms with Crippen LogP contribution in [-0.2, 0) is 6.42 Å². The molecule has 0 radical (unpaired) electrons. The van der Waals surface area contributed by atoms with E-state index >= 15 is 0 Å². The largest absolute Gasteiger partial charge is 0.232 e. The van der Waals surface area contributed by atoms with Crippen LogP contribution in [0.4, 0.5) is 0 Å². The van der Waals surface area contributed by atoms with E-state index in [1.807, 2.05) is 0 Å². The molecule has 0 N–H and O–H groups in total. The fourth-order valence-corrected chi connectivity index (χ4v) is 5.36. The highest BCUT2D eigenvalue weighted by molar-refractivity contribution is 6.03. The van der Waals surface area contributed by atoms with E-state index in [1.165, 1.54) is 38.4 Å². The molecular weight excluding hydrogens is 400 g/mol. The third-order valence-corrected chi connectivity index (χ3v) is 6.87. The summed E-state index contributed by atoms with van der Waals surface area (Å²) in [7, 11) is 0. The zero-order valence-electron chi connectivity index (χ0n) is 18.2. The molecule has 2 heteroatoms. The maximum absolute atomic E-state index is 5.21. The van der Waals surface area contributed by atoms with Gasteiger partial charge in [0, 0.05) is 16.5 Å². The van der Waals surface area contributed by atoms with Crippen molar-refractivity contribution >= 4 is 33.3 Å². The van der Waals surface area contributed by atoms with Crippen LogP contribution in [0.25, 0.3) is 55.7 Å². The van der Waals surface area contributed by atoms with Gasteiger partial charge in [-0.1, -0.05) is 91.0 Å². The van der Waals surface area contributed by atoms with Crippen LogP contribution >= 0.6 is 0 Å². The van der Waals surface area contributed by atoms with Crippen molar-refractivity contribution in [2.45, 2.75) is 12.8 Å². The van der Waals surface area contributed by atoms with Crippen molar-refractivity contribution in [1.29, 1.82) is 0 Å². The fraction of sp³-hybridized carbons (Fsp3) is 0.0645. The average molecular weight is 423 g/mol. The van der Waals surface area contributed by atoms with Gasteiger partial charge in [-0.15, -0.1) is 0 Å². The lowest BCUT2D eigenvalue weighted by Gasteiger charge is -2.19. The van der Waals surface area contributed by atoms with Crippen LogP contribution in [0.3, 0.4) is 0 Å². The van der Waals surface area contributed by atoms with Crippen LogP contribution in [-0.4, -0.2) is 9.61 Å². The van der Waals surface area contributed by atoms with E-state index in [-0.39, 0.29) is 0 Å². The van der Waals surface area contributed by atoms with E-state index < -0.39 is 0 Å². The lowest BCUT2D eigenvalue weighted by molar-refractivity contribution is 0.998. The first-order valence-electron chi connectivity index (χ1n) is 11.6. The Morgan fingerprint density at radius 2 is 1.48 bits per heavy atom. The van der Waals surface area contributed by atoms with Crippen LogP contribution in [0.2, 0.25) is 0 Å². The van der Waals surface area contributed by atoms with Gasteiger partial charge in [0.2, 0.25) is 0 Å². The predicted molar refractivity (Wildman–Crippen MR) is 138 cm³/mol. The van der Waals surface area contributed by atoms with Crippen LogP contribution in [0.5, 0.6) is 0 Å². The summed E-state index contributed by atoms with van der Waals surface area (Å²) in [6, 6.07) is 34.7. The maximum atomic E-state index is 5.21. The van der Waals surface area contributed by atoms with E-state index in [9.17, 15) is 0 Å². The molecule has 4 aromatic carbocycles. The standard InChI is InChI=1S/C31H22N2/c1-2-11-22(12-3-1)31-30(29-19-18-21-10-5-9-17-28(21)33(29)32-31)27-20-23-13-4-6-14-24(23)25-15-7-8-16-26(25)27/h1-6,8-14,16-20H,7,15H2. The molecule has 6 aromatic rings. The third-order valence-electron chi connectivity index (χ3n) is 6.87. The molecule has 0 aliphatic heterocycles. The van der Waals surface area contributed by atoms with Gasteiger partial charge in [0.05, 0.1) is 11.0 Å². The molecule has 0 unspecified atom stereocenters. The number of hydrogen-bond donors (Lipinski definition) is 0. The molecular formula is C31H22N2. The highest BCUT2D eigenvalue weighted by Crippen LogP contribution is 2.43. The number of fused-ring (bicyclic) bond motifs is 6. The molecule has 0 atom stereocenters. The molecule has 0 saturated heterocycles. The lowest BCUT2D eigenvalue weighted by atomic mass is 9.85. The Morgan fingerprint density at radius 1 is 0.697 bits per heavy atom. The summed E-state index contributed by atoms with van der Waals surface area (Å²) >= 11 is 0. The number of aryl methyl sites for hydroxylation is 1. The molecule has 0 spiro atoms. The first kappa shape index (κ1) is 18.4. The van der Waals surface area contributed by atoms with Crippen molar-refractivity contribution < 1.29 is 0 Å². The maximum Gasteiger partial charge on any atom is 0.101 e. The highest BCUT2D eigenvalue weighted by Gasteiger charge is 2.22. The highest BCUT2D eigenvalue weighted by atomic mass is 15.2. The summed E-state index contributed by atoms with van der Waals surface area (Å²) in [6.45, 7) is 0. The fourth-order valence-electron chi connectivity index (χ4n) is 5.36. The minimum Gasteiger partial charge on any atom is -0.232 e. The molecule has 2 aromatic heterocycles. The van der Waals surface area contributed by atoms with Crippen molar-refractivity contribution in [1.82, 2.24) is 9.61 Å². The third kappa shape index (κ3) is 2.77. The normalized spacial score (nSPS) is 13.1. The molecule has 1 aliphatic carbocycles. The number of para-hydroxylation sites is 1. The average Bonchev–Trinajstić information content (AvgIpc) is 3.29. The smallest absolute Gasteiger partial charge is 0.101 e. The van der Waals surface area contributed by atoms with Gasteiger partial charge >= 0.3 is 0 Å². The Balaban J connectivity index is 1.66. The zero-order valence-corrected chi connectivity index (χ0v) is 18.2. The molecule has 33 heavy (non-hydrogen) atoms. The molecule has 2 nitrogen and oxygen atoms in total. The number of nitrogens with zero attached hydrogens (tertiary/aromatic N) is 2. The van der Waals surface area contributed by atoms with Gasteiger partial charge in [0.25, 0.3) is 0 Å². The van der Waals surface area contributed by atoms with Crippen molar-refractivity contribution in [3.8, 4) is 22.4 Å². The van der Waals surface area contributed by atoms with Gasteiger partial charge in [-0.2, -0.15) is 5.10 Å². The van der Waals surface area contributed by atoms with Crippen molar-refractivity contribution in [3.63, 3.8) is 0 Å². The number of hydrogen-bond acceptors (Lipinski definition) is 1. The molecule has 0 fully saturated rings. The SMILES string of the molecule is C1=Cc2c(-c3c(-c4ccccc4)nn4c3ccc3ccccc34)cc3ccccc3c2CC1. The molecule has 7 rings (SSSR count). The summed E-state index contributed by atoms with van der Waals surface area (Å²) in [5.74, 6) is 0. The second kappa shape index (κ2) is 7.18. The Hall–Kier alpha value is -4.17. The Bertz CT molecular complexity index is 1700. The van der Waals surface area contributed by atoms with E-state index in [1.54, 1.807) is 0 Å². The Labute approximate surface area is 192 Å². The number of allylic oxidation sites excluding steroid dienone is 1. The van der Waals surface area contributed by atoms with Crippen molar-refractivity contribution in [2.24, 2.45) is 0 Å². The van der Waals surface area contributed by atoms with E-state index in [0.717, 1.165) is 35.1 Å². The van der Waals surface area contributed by atoms with Gasteiger partial charge in [0.15, 0.2) is 0 Å². The number of pyridine rings is 1. The van der Waals surface area contributed by atoms with Crippen LogP contribution < -0.4 is 0 Å². The molecule has 2 heterocycles. The minimum atomic E-state index is 1.03. The first-order chi connectivity index (χ1) is 16.4. The summed E-state index contributed by atoms with van der Waals surface area (Å²) in [4.78, 5) is 0. The summed E-state index contributed by atoms with van der Waals surface area (Å²) in [5.41, 5.74) is 9.70.